The first kappa shape index (κ1) is 22.4. The molecule has 7 heteroatoms. The molecule has 156 valence electrons. The van der Waals surface area contributed by atoms with Gasteiger partial charge in [-0.1, -0.05) is 38.1 Å². The highest BCUT2D eigenvalue weighted by Crippen LogP contribution is 2.14. The average Bonchev–Trinajstić information content (AvgIpc) is 2.72. The molecule has 0 aliphatic rings. The van der Waals surface area contributed by atoms with Crippen molar-refractivity contribution in [2.75, 3.05) is 19.0 Å². The van der Waals surface area contributed by atoms with E-state index in [1.165, 1.54) is 0 Å². The molecule has 0 aliphatic heterocycles. The van der Waals surface area contributed by atoms with Crippen LogP contribution >= 0.6 is 0 Å². The van der Waals surface area contributed by atoms with Crippen LogP contribution in [0.1, 0.15) is 25.0 Å². The van der Waals surface area contributed by atoms with Crippen LogP contribution in [0.25, 0.3) is 0 Å². The van der Waals surface area contributed by atoms with Crippen molar-refractivity contribution in [1.29, 1.82) is 0 Å². The predicted molar refractivity (Wildman–Crippen MR) is 112 cm³/mol. The molecule has 7 nitrogen and oxygen atoms in total. The molecule has 0 radical (unpaired) electrons. The molecule has 0 bridgehead atoms. The zero-order valence-electron chi connectivity index (χ0n) is 17.1. The fourth-order valence-corrected chi connectivity index (χ4v) is 2.54. The Kier molecular flexibility index (Phi) is 8.64. The summed E-state index contributed by atoms with van der Waals surface area (Å²) in [6.07, 6.45) is 0. The van der Waals surface area contributed by atoms with Crippen molar-refractivity contribution < 1.29 is 19.1 Å². The third kappa shape index (κ3) is 7.56. The van der Waals surface area contributed by atoms with E-state index in [2.05, 4.69) is 10.6 Å². The van der Waals surface area contributed by atoms with Crippen LogP contribution in [-0.4, -0.2) is 31.5 Å². The van der Waals surface area contributed by atoms with Gasteiger partial charge in [0.15, 0.2) is 0 Å². The first-order valence-corrected chi connectivity index (χ1v) is 9.51. The van der Waals surface area contributed by atoms with Crippen LogP contribution in [0.15, 0.2) is 48.5 Å². The summed E-state index contributed by atoms with van der Waals surface area (Å²) in [4.78, 5) is 23.9. The van der Waals surface area contributed by atoms with E-state index in [0.29, 0.717) is 18.9 Å². The molecule has 0 heterocycles. The summed E-state index contributed by atoms with van der Waals surface area (Å²) < 4.78 is 10.9. The van der Waals surface area contributed by atoms with Gasteiger partial charge in [0, 0.05) is 5.69 Å². The Balaban J connectivity index is 1.79. The Hall–Kier alpha value is -2.90. The molecule has 0 aliphatic carbocycles. The Labute approximate surface area is 171 Å². The molecule has 0 aromatic heterocycles. The largest absolute Gasteiger partial charge is 0.497 e. The van der Waals surface area contributed by atoms with Crippen molar-refractivity contribution >= 4 is 17.5 Å². The molecule has 0 spiro atoms. The minimum absolute atomic E-state index is 0.00709. The number of nitrogens with two attached hydrogens (primary N) is 1. The first-order chi connectivity index (χ1) is 13.9. The summed E-state index contributed by atoms with van der Waals surface area (Å²) in [6.45, 7) is 4.47. The Morgan fingerprint density at radius 3 is 2.38 bits per heavy atom. The lowest BCUT2D eigenvalue weighted by Gasteiger charge is -2.15. The number of anilines is 1. The van der Waals surface area contributed by atoms with Crippen LogP contribution in [-0.2, 0) is 27.5 Å². The molecule has 0 saturated carbocycles. The molecule has 1 atom stereocenters. The van der Waals surface area contributed by atoms with Gasteiger partial charge in [0.2, 0.25) is 11.8 Å². The number of benzene rings is 2. The van der Waals surface area contributed by atoms with E-state index in [4.69, 9.17) is 15.2 Å². The maximum absolute atomic E-state index is 12.1. The third-order valence-corrected chi connectivity index (χ3v) is 4.35. The fraction of sp³-hybridized carbons (Fsp3) is 0.364. The number of nitrogens with one attached hydrogen (secondary N) is 2. The second-order valence-corrected chi connectivity index (χ2v) is 7.08. The number of ether oxygens (including phenoxy) is 2. The quantitative estimate of drug-likeness (QED) is 0.569. The summed E-state index contributed by atoms with van der Waals surface area (Å²) in [5, 5.41) is 5.31. The van der Waals surface area contributed by atoms with Gasteiger partial charge in [0.25, 0.3) is 0 Å². The van der Waals surface area contributed by atoms with Gasteiger partial charge in [0.05, 0.1) is 32.9 Å². The average molecular weight is 399 g/mol. The maximum Gasteiger partial charge on any atom is 0.243 e. The minimum Gasteiger partial charge on any atom is -0.497 e. The first-order valence-electron chi connectivity index (χ1n) is 9.51. The van der Waals surface area contributed by atoms with E-state index in [1.54, 1.807) is 13.2 Å². The number of amides is 2. The SMILES string of the molecule is COc1ccc(COCc2cccc(NC(=O)CNC(=O)[C@@H](N)C(C)C)c2)cc1. The zero-order valence-corrected chi connectivity index (χ0v) is 17.1. The van der Waals surface area contributed by atoms with Gasteiger partial charge >= 0.3 is 0 Å². The van der Waals surface area contributed by atoms with E-state index in [1.807, 2.05) is 56.3 Å². The van der Waals surface area contributed by atoms with E-state index >= 15 is 0 Å². The van der Waals surface area contributed by atoms with E-state index in [9.17, 15) is 9.59 Å². The predicted octanol–water partition coefficient (Wildman–Crippen LogP) is 2.45. The molecule has 2 aromatic rings. The molecule has 4 N–H and O–H groups in total. The molecule has 2 amide bonds. The van der Waals surface area contributed by atoms with Crippen LogP contribution in [0, 0.1) is 5.92 Å². The lowest BCUT2D eigenvalue weighted by atomic mass is 10.1. The molecular weight excluding hydrogens is 370 g/mol. The molecule has 0 unspecified atom stereocenters. The van der Waals surface area contributed by atoms with E-state index in [0.717, 1.165) is 16.9 Å². The van der Waals surface area contributed by atoms with E-state index < -0.39 is 6.04 Å². The Bertz CT molecular complexity index is 806. The van der Waals surface area contributed by atoms with Crippen LogP contribution < -0.4 is 21.1 Å². The maximum atomic E-state index is 12.1. The number of hydrogen-bond acceptors (Lipinski definition) is 5. The fourth-order valence-electron chi connectivity index (χ4n) is 2.54. The van der Waals surface area contributed by atoms with Gasteiger partial charge in [-0.15, -0.1) is 0 Å². The second-order valence-electron chi connectivity index (χ2n) is 7.08. The lowest BCUT2D eigenvalue weighted by Crippen LogP contribution is -2.46. The summed E-state index contributed by atoms with van der Waals surface area (Å²) >= 11 is 0. The van der Waals surface area contributed by atoms with Crippen LogP contribution in [0.3, 0.4) is 0 Å². The summed E-state index contributed by atoms with van der Waals surface area (Å²) in [5.41, 5.74) is 8.38. The molecule has 0 saturated heterocycles. The van der Waals surface area contributed by atoms with Gasteiger partial charge in [-0.25, -0.2) is 0 Å². The van der Waals surface area contributed by atoms with Crippen LogP contribution in [0.5, 0.6) is 5.75 Å². The van der Waals surface area contributed by atoms with Crippen molar-refractivity contribution in [2.24, 2.45) is 11.7 Å². The van der Waals surface area contributed by atoms with Crippen molar-refractivity contribution in [3.8, 4) is 5.75 Å². The monoisotopic (exact) mass is 399 g/mol. The van der Waals surface area contributed by atoms with Crippen LogP contribution in [0.2, 0.25) is 0 Å². The second kappa shape index (κ2) is 11.2. The van der Waals surface area contributed by atoms with Crippen molar-refractivity contribution in [1.82, 2.24) is 5.32 Å². The summed E-state index contributed by atoms with van der Waals surface area (Å²) in [5.74, 6) is 0.161. The van der Waals surface area contributed by atoms with Crippen molar-refractivity contribution in [2.45, 2.75) is 33.1 Å². The van der Waals surface area contributed by atoms with Gasteiger partial charge in [0.1, 0.15) is 5.75 Å². The minimum atomic E-state index is -0.631. The van der Waals surface area contributed by atoms with E-state index in [-0.39, 0.29) is 24.3 Å². The Morgan fingerprint density at radius 2 is 1.72 bits per heavy atom. The normalized spacial score (nSPS) is 11.8. The number of carbonyl (C=O) groups excluding carboxylic acids is 2. The molecule has 29 heavy (non-hydrogen) atoms. The standard InChI is InChI=1S/C22H29N3O4/c1-15(2)21(23)22(27)24-12-20(26)25-18-6-4-5-17(11-18)14-29-13-16-7-9-19(28-3)10-8-16/h4-11,15,21H,12-14,23H2,1-3H3,(H,24,27)(H,25,26)/t21-/m0/s1. The van der Waals surface area contributed by atoms with Gasteiger partial charge in [-0.3, -0.25) is 9.59 Å². The highest BCUT2D eigenvalue weighted by atomic mass is 16.5. The molecule has 2 rings (SSSR count). The van der Waals surface area contributed by atoms with Crippen molar-refractivity contribution in [3.63, 3.8) is 0 Å². The van der Waals surface area contributed by atoms with Gasteiger partial charge in [-0.05, 0) is 41.3 Å². The third-order valence-electron chi connectivity index (χ3n) is 4.35. The topological polar surface area (TPSA) is 103 Å². The van der Waals surface area contributed by atoms with Crippen LogP contribution in [0.4, 0.5) is 5.69 Å². The lowest BCUT2D eigenvalue weighted by molar-refractivity contribution is -0.125. The molecule has 0 fully saturated rings. The highest BCUT2D eigenvalue weighted by Gasteiger charge is 2.17. The highest BCUT2D eigenvalue weighted by molar-refractivity contribution is 5.95. The summed E-state index contributed by atoms with van der Waals surface area (Å²) in [6, 6.07) is 14.4. The smallest absolute Gasteiger partial charge is 0.243 e. The number of rotatable bonds is 10. The van der Waals surface area contributed by atoms with Gasteiger partial charge < -0.3 is 25.8 Å². The number of methoxy groups -OCH3 is 1. The van der Waals surface area contributed by atoms with Gasteiger partial charge in [-0.2, -0.15) is 0 Å². The Morgan fingerprint density at radius 1 is 1.03 bits per heavy atom. The molecule has 2 aromatic carbocycles. The van der Waals surface area contributed by atoms with Crippen molar-refractivity contribution in [3.05, 3.63) is 59.7 Å². The zero-order chi connectivity index (χ0) is 21.2. The number of carbonyl (C=O) groups is 2. The number of hydrogen-bond donors (Lipinski definition) is 3. The summed E-state index contributed by atoms with van der Waals surface area (Å²) in [7, 11) is 1.63. The molecular formula is C22H29N3O4.